The number of carbonyl (C=O) groups is 2. The minimum Gasteiger partial charge on any atom is -0.462 e. The third kappa shape index (κ3) is 3.44. The van der Waals surface area contributed by atoms with Crippen molar-refractivity contribution in [2.24, 2.45) is 17.8 Å². The van der Waals surface area contributed by atoms with Crippen molar-refractivity contribution in [3.8, 4) is 0 Å². The number of nitrogens with zero attached hydrogens (tertiary/aromatic N) is 2. The van der Waals surface area contributed by atoms with Gasteiger partial charge in [0.05, 0.1) is 0 Å². The molecule has 4 aliphatic heterocycles. The summed E-state index contributed by atoms with van der Waals surface area (Å²) in [6.07, 6.45) is 6.75. The second kappa shape index (κ2) is 6.90. The summed E-state index contributed by atoms with van der Waals surface area (Å²) in [4.78, 5) is 29.3. The molecule has 0 N–H and O–H groups in total. The van der Waals surface area contributed by atoms with Gasteiger partial charge in [-0.2, -0.15) is 0 Å². The van der Waals surface area contributed by atoms with Crippen LogP contribution in [-0.2, 0) is 14.3 Å². The number of amides is 1. The number of piperidine rings is 4. The molecule has 4 saturated heterocycles. The van der Waals surface area contributed by atoms with Crippen LogP contribution in [0.25, 0.3) is 0 Å². The molecular formula is C20H32N2O3. The second-order valence-corrected chi connectivity index (χ2v) is 9.06. The molecule has 4 aliphatic rings. The fourth-order valence-corrected chi connectivity index (χ4v) is 5.73. The average molecular weight is 348 g/mol. The molecule has 0 aromatic rings. The van der Waals surface area contributed by atoms with Crippen molar-refractivity contribution in [2.75, 3.05) is 19.6 Å². The first-order valence-electron chi connectivity index (χ1n) is 10.2. The number of fused-ring (bicyclic) bond motifs is 6. The molecule has 2 bridgehead atoms. The van der Waals surface area contributed by atoms with E-state index in [1.165, 1.54) is 12.8 Å². The summed E-state index contributed by atoms with van der Waals surface area (Å²) >= 11 is 0. The van der Waals surface area contributed by atoms with E-state index in [1.54, 1.807) is 0 Å². The van der Waals surface area contributed by atoms with Gasteiger partial charge < -0.3 is 9.64 Å². The molecule has 4 rings (SSSR count). The third-order valence-electron chi connectivity index (χ3n) is 6.79. The molecule has 4 heterocycles. The van der Waals surface area contributed by atoms with Crippen LogP contribution in [0.4, 0.5) is 0 Å². The zero-order chi connectivity index (χ0) is 17.6. The monoisotopic (exact) mass is 348 g/mol. The highest BCUT2D eigenvalue weighted by molar-refractivity contribution is 5.77. The molecule has 0 saturated carbocycles. The number of ether oxygens (including phenoxy) is 1. The lowest BCUT2D eigenvalue weighted by Gasteiger charge is -2.57. The molecule has 5 nitrogen and oxygen atoms in total. The van der Waals surface area contributed by atoms with Crippen LogP contribution in [0.15, 0.2) is 0 Å². The van der Waals surface area contributed by atoms with E-state index in [-0.39, 0.29) is 12.1 Å². The van der Waals surface area contributed by atoms with Crippen LogP contribution in [0, 0.1) is 17.8 Å². The van der Waals surface area contributed by atoms with Gasteiger partial charge >= 0.3 is 5.97 Å². The minimum atomic E-state index is -0.0444. The molecule has 0 radical (unpaired) electrons. The standard InChI is InChI=1S/C20H32N2O3/c1-13(2)8-20(24)25-16-6-7-21-11-14-9-15(18(21)10-16)12-22-17(14)4-3-5-19(22)23/h13-18H,3-12H2,1-2H3/t14-,15+,16?,17?,18-/m1/s1. The topological polar surface area (TPSA) is 49.9 Å². The Bertz CT molecular complexity index is 535. The summed E-state index contributed by atoms with van der Waals surface area (Å²) in [6, 6.07) is 0.970. The SMILES string of the molecule is CC(C)CC(=O)OC1CCN2C[C@H]3C[C@@H](CN4C(=O)CCCC34)[C@H]2C1. The Morgan fingerprint density at radius 3 is 2.76 bits per heavy atom. The van der Waals surface area contributed by atoms with E-state index in [9.17, 15) is 9.59 Å². The first kappa shape index (κ1) is 17.3. The minimum absolute atomic E-state index is 0.0444. The van der Waals surface area contributed by atoms with Crippen LogP contribution in [0.3, 0.4) is 0 Å². The molecule has 0 aromatic heterocycles. The van der Waals surface area contributed by atoms with Crippen LogP contribution in [0.2, 0.25) is 0 Å². The first-order chi connectivity index (χ1) is 12.0. The van der Waals surface area contributed by atoms with Gasteiger partial charge in [0.25, 0.3) is 0 Å². The number of hydrogen-bond donors (Lipinski definition) is 0. The zero-order valence-corrected chi connectivity index (χ0v) is 15.7. The fraction of sp³-hybridized carbons (Fsp3) is 0.900. The van der Waals surface area contributed by atoms with Crippen LogP contribution in [0.1, 0.15) is 58.8 Å². The zero-order valence-electron chi connectivity index (χ0n) is 15.7. The van der Waals surface area contributed by atoms with Gasteiger partial charge in [-0.3, -0.25) is 14.5 Å². The molecule has 25 heavy (non-hydrogen) atoms. The maximum atomic E-state index is 12.4. The Morgan fingerprint density at radius 2 is 1.96 bits per heavy atom. The van der Waals surface area contributed by atoms with Crippen molar-refractivity contribution >= 4 is 11.9 Å². The van der Waals surface area contributed by atoms with Gasteiger partial charge in [0.15, 0.2) is 0 Å². The highest BCUT2D eigenvalue weighted by Gasteiger charge is 2.49. The van der Waals surface area contributed by atoms with E-state index >= 15 is 0 Å². The largest absolute Gasteiger partial charge is 0.462 e. The predicted octanol–water partition coefficient (Wildman–Crippen LogP) is 2.44. The number of esters is 1. The molecule has 4 fully saturated rings. The van der Waals surface area contributed by atoms with Gasteiger partial charge in [-0.25, -0.2) is 0 Å². The van der Waals surface area contributed by atoms with Crippen LogP contribution in [-0.4, -0.2) is 59.5 Å². The Kier molecular flexibility index (Phi) is 4.78. The maximum Gasteiger partial charge on any atom is 0.306 e. The van der Waals surface area contributed by atoms with E-state index in [0.717, 1.165) is 45.3 Å². The molecule has 5 atom stereocenters. The highest BCUT2D eigenvalue weighted by atomic mass is 16.5. The average Bonchev–Trinajstić information content (AvgIpc) is 2.56. The molecule has 140 valence electrons. The van der Waals surface area contributed by atoms with Crippen molar-refractivity contribution in [3.63, 3.8) is 0 Å². The number of hydrogen-bond acceptors (Lipinski definition) is 4. The molecule has 0 aliphatic carbocycles. The summed E-state index contributed by atoms with van der Waals surface area (Å²) in [5.74, 6) is 1.89. The van der Waals surface area contributed by atoms with Crippen LogP contribution >= 0.6 is 0 Å². The van der Waals surface area contributed by atoms with E-state index in [1.807, 2.05) is 0 Å². The summed E-state index contributed by atoms with van der Waals surface area (Å²) in [5.41, 5.74) is 0. The summed E-state index contributed by atoms with van der Waals surface area (Å²) in [7, 11) is 0. The first-order valence-corrected chi connectivity index (χ1v) is 10.2. The lowest BCUT2D eigenvalue weighted by Crippen LogP contribution is -2.65. The maximum absolute atomic E-state index is 12.4. The molecule has 0 spiro atoms. The van der Waals surface area contributed by atoms with Crippen molar-refractivity contribution < 1.29 is 14.3 Å². The second-order valence-electron chi connectivity index (χ2n) is 9.06. The van der Waals surface area contributed by atoms with Crippen molar-refractivity contribution in [2.45, 2.75) is 77.0 Å². The van der Waals surface area contributed by atoms with Crippen molar-refractivity contribution in [1.29, 1.82) is 0 Å². The van der Waals surface area contributed by atoms with E-state index in [0.29, 0.717) is 42.2 Å². The third-order valence-corrected chi connectivity index (χ3v) is 6.79. The van der Waals surface area contributed by atoms with Gasteiger partial charge in [0, 0.05) is 51.0 Å². The van der Waals surface area contributed by atoms with Gasteiger partial charge in [-0.15, -0.1) is 0 Å². The smallest absolute Gasteiger partial charge is 0.306 e. The van der Waals surface area contributed by atoms with Crippen molar-refractivity contribution in [1.82, 2.24) is 9.80 Å². The fourth-order valence-electron chi connectivity index (χ4n) is 5.73. The van der Waals surface area contributed by atoms with E-state index in [2.05, 4.69) is 23.6 Å². The van der Waals surface area contributed by atoms with Gasteiger partial charge in [-0.1, -0.05) is 13.8 Å². The van der Waals surface area contributed by atoms with Gasteiger partial charge in [0.1, 0.15) is 6.10 Å². The van der Waals surface area contributed by atoms with Crippen molar-refractivity contribution in [3.05, 3.63) is 0 Å². The van der Waals surface area contributed by atoms with Crippen LogP contribution < -0.4 is 0 Å². The normalized spacial score (nSPS) is 38.3. The Morgan fingerprint density at radius 1 is 1.16 bits per heavy atom. The highest BCUT2D eigenvalue weighted by Crippen LogP contribution is 2.43. The molecule has 0 aromatic carbocycles. The Balaban J connectivity index is 1.41. The number of rotatable bonds is 3. The van der Waals surface area contributed by atoms with Gasteiger partial charge in [-0.05, 0) is 43.4 Å². The van der Waals surface area contributed by atoms with Crippen LogP contribution in [0.5, 0.6) is 0 Å². The summed E-state index contributed by atoms with van der Waals surface area (Å²) in [5, 5.41) is 0. The molecule has 1 amide bonds. The quantitative estimate of drug-likeness (QED) is 0.735. The molecule has 5 heteroatoms. The van der Waals surface area contributed by atoms with E-state index < -0.39 is 0 Å². The Hall–Kier alpha value is -1.10. The molecular weight excluding hydrogens is 316 g/mol. The van der Waals surface area contributed by atoms with E-state index in [4.69, 9.17) is 4.74 Å². The molecule has 2 unspecified atom stereocenters. The lowest BCUT2D eigenvalue weighted by molar-refractivity contribution is -0.159. The lowest BCUT2D eigenvalue weighted by atomic mass is 9.70. The Labute approximate surface area is 151 Å². The summed E-state index contributed by atoms with van der Waals surface area (Å²) < 4.78 is 5.77. The number of carbonyl (C=O) groups excluding carboxylic acids is 2. The van der Waals surface area contributed by atoms with Gasteiger partial charge in [0.2, 0.25) is 5.91 Å². The predicted molar refractivity (Wildman–Crippen MR) is 94.9 cm³/mol. The summed E-state index contributed by atoms with van der Waals surface area (Å²) in [6.45, 7) is 7.20.